The number of pyridine rings is 1. The molecule has 2 N–H and O–H groups in total. The van der Waals surface area contributed by atoms with E-state index in [4.69, 9.17) is 9.72 Å². The zero-order valence-electron chi connectivity index (χ0n) is 17.7. The van der Waals surface area contributed by atoms with E-state index >= 15 is 0 Å². The molecule has 0 spiro atoms. The van der Waals surface area contributed by atoms with Crippen molar-refractivity contribution in [2.24, 2.45) is 14.1 Å². The summed E-state index contributed by atoms with van der Waals surface area (Å²) in [5.74, 6) is 2.13. The first kappa shape index (κ1) is 19.6. The summed E-state index contributed by atoms with van der Waals surface area (Å²) in [5.41, 5.74) is 2.65. The van der Waals surface area contributed by atoms with E-state index in [2.05, 4.69) is 15.5 Å². The van der Waals surface area contributed by atoms with E-state index in [9.17, 15) is 5.11 Å². The second kappa shape index (κ2) is 8.03. The van der Waals surface area contributed by atoms with Crippen molar-refractivity contribution in [2.75, 3.05) is 5.32 Å². The van der Waals surface area contributed by atoms with Gasteiger partial charge in [0.05, 0.1) is 23.4 Å². The van der Waals surface area contributed by atoms with Crippen LogP contribution in [0.4, 0.5) is 11.6 Å². The Kier molecular flexibility index (Phi) is 5.07. The summed E-state index contributed by atoms with van der Waals surface area (Å²) in [7, 11) is 3.75. The van der Waals surface area contributed by atoms with E-state index in [-0.39, 0.29) is 6.10 Å². The van der Waals surface area contributed by atoms with Crippen molar-refractivity contribution < 1.29 is 9.84 Å². The Balaban J connectivity index is 1.48. The molecule has 0 saturated heterocycles. The monoisotopic (exact) mass is 418 g/mol. The molecule has 1 aliphatic carbocycles. The molecule has 0 amide bonds. The van der Waals surface area contributed by atoms with Crippen LogP contribution >= 0.6 is 0 Å². The van der Waals surface area contributed by atoms with Gasteiger partial charge in [0.25, 0.3) is 0 Å². The molecular formula is C23H26N6O2. The molecule has 8 heteroatoms. The van der Waals surface area contributed by atoms with Crippen LogP contribution < -0.4 is 10.1 Å². The van der Waals surface area contributed by atoms with E-state index in [1.807, 2.05) is 56.6 Å². The fourth-order valence-electron chi connectivity index (χ4n) is 4.09. The second-order valence-electron chi connectivity index (χ2n) is 8.05. The summed E-state index contributed by atoms with van der Waals surface area (Å²) in [5, 5.41) is 23.5. The van der Waals surface area contributed by atoms with Gasteiger partial charge in [0.2, 0.25) is 0 Å². The predicted molar refractivity (Wildman–Crippen MR) is 119 cm³/mol. The summed E-state index contributed by atoms with van der Waals surface area (Å²) in [6.45, 7) is 0. The number of aliphatic hydroxyl groups is 1. The van der Waals surface area contributed by atoms with Gasteiger partial charge in [-0.15, -0.1) is 0 Å². The van der Waals surface area contributed by atoms with E-state index in [1.165, 1.54) is 0 Å². The summed E-state index contributed by atoms with van der Waals surface area (Å²) in [4.78, 5) is 4.73. The van der Waals surface area contributed by atoms with E-state index < -0.39 is 6.10 Å². The van der Waals surface area contributed by atoms with Gasteiger partial charge in [0.15, 0.2) is 5.65 Å². The zero-order chi connectivity index (χ0) is 21.4. The fourth-order valence-corrected chi connectivity index (χ4v) is 4.09. The van der Waals surface area contributed by atoms with Crippen LogP contribution in [0.15, 0.2) is 48.7 Å². The van der Waals surface area contributed by atoms with Crippen LogP contribution in [-0.4, -0.2) is 41.9 Å². The average molecular weight is 419 g/mol. The normalized spacial score (nSPS) is 18.9. The Labute approximate surface area is 180 Å². The average Bonchev–Trinajstić information content (AvgIpc) is 3.33. The molecule has 5 rings (SSSR count). The van der Waals surface area contributed by atoms with E-state index in [1.54, 1.807) is 15.6 Å². The number of benzene rings is 1. The van der Waals surface area contributed by atoms with E-state index in [0.717, 1.165) is 53.8 Å². The maximum atomic E-state index is 10.4. The lowest BCUT2D eigenvalue weighted by Crippen LogP contribution is -2.34. The van der Waals surface area contributed by atoms with Crippen molar-refractivity contribution in [1.82, 2.24) is 24.5 Å². The largest absolute Gasteiger partial charge is 0.487 e. The molecule has 4 aromatic rings. The van der Waals surface area contributed by atoms with Gasteiger partial charge in [-0.25, -0.2) is 4.98 Å². The molecule has 0 radical (unpaired) electrons. The van der Waals surface area contributed by atoms with Crippen molar-refractivity contribution in [3.8, 4) is 17.0 Å². The lowest BCUT2D eigenvalue weighted by molar-refractivity contribution is 0.00768. The van der Waals surface area contributed by atoms with Gasteiger partial charge in [-0.1, -0.05) is 36.8 Å². The summed E-state index contributed by atoms with van der Waals surface area (Å²) in [6, 6.07) is 13.9. The highest BCUT2D eigenvalue weighted by Crippen LogP contribution is 2.32. The first-order chi connectivity index (χ1) is 15.1. The van der Waals surface area contributed by atoms with Crippen molar-refractivity contribution >= 4 is 22.7 Å². The fraction of sp³-hybridized carbons (Fsp3) is 0.348. The van der Waals surface area contributed by atoms with Gasteiger partial charge >= 0.3 is 0 Å². The quantitative estimate of drug-likeness (QED) is 0.512. The number of rotatable bonds is 5. The van der Waals surface area contributed by atoms with Crippen LogP contribution in [0.25, 0.3) is 22.3 Å². The van der Waals surface area contributed by atoms with Crippen molar-refractivity contribution in [2.45, 2.75) is 37.9 Å². The maximum Gasteiger partial charge on any atom is 0.163 e. The second-order valence-corrected chi connectivity index (χ2v) is 8.05. The smallest absolute Gasteiger partial charge is 0.163 e. The summed E-state index contributed by atoms with van der Waals surface area (Å²) < 4.78 is 9.79. The molecule has 0 aliphatic heterocycles. The third-order valence-electron chi connectivity index (χ3n) is 5.82. The third kappa shape index (κ3) is 3.86. The van der Waals surface area contributed by atoms with Gasteiger partial charge < -0.3 is 15.2 Å². The standard InChI is InChI=1S/C23H26N6O2/c1-28-22(12-17(27-28)15-8-4-3-5-9-15)25-21-13-20(16-14-24-29(2)23(16)26-21)31-19-11-7-6-10-18(19)30/h3-5,8-9,12-14,18-19,30H,6-7,10-11H2,1-2H3,(H,25,26). The molecule has 8 nitrogen and oxygen atoms in total. The first-order valence-corrected chi connectivity index (χ1v) is 10.6. The molecule has 160 valence electrons. The molecule has 1 fully saturated rings. The van der Waals surface area contributed by atoms with Gasteiger partial charge in [-0.05, 0) is 19.3 Å². The molecule has 2 atom stereocenters. The number of nitrogens with one attached hydrogen (secondary N) is 1. The number of fused-ring (bicyclic) bond motifs is 1. The number of aryl methyl sites for hydroxylation is 2. The van der Waals surface area contributed by atoms with Crippen molar-refractivity contribution in [1.29, 1.82) is 0 Å². The van der Waals surface area contributed by atoms with Gasteiger partial charge in [-0.2, -0.15) is 10.2 Å². The van der Waals surface area contributed by atoms with Crippen LogP contribution in [0.5, 0.6) is 5.75 Å². The van der Waals surface area contributed by atoms with Crippen LogP contribution in [-0.2, 0) is 14.1 Å². The molecule has 3 aromatic heterocycles. The number of nitrogens with zero attached hydrogens (tertiary/aromatic N) is 5. The summed E-state index contributed by atoms with van der Waals surface area (Å²) >= 11 is 0. The van der Waals surface area contributed by atoms with Crippen LogP contribution in [0.3, 0.4) is 0 Å². The first-order valence-electron chi connectivity index (χ1n) is 10.6. The lowest BCUT2D eigenvalue weighted by atomic mass is 9.95. The Morgan fingerprint density at radius 3 is 2.68 bits per heavy atom. The topological polar surface area (TPSA) is 90.0 Å². The minimum Gasteiger partial charge on any atom is -0.487 e. The third-order valence-corrected chi connectivity index (χ3v) is 5.82. The molecule has 1 aromatic carbocycles. The number of aromatic nitrogens is 5. The molecule has 1 aliphatic rings. The van der Waals surface area contributed by atoms with Crippen LogP contribution in [0.1, 0.15) is 25.7 Å². The predicted octanol–water partition coefficient (Wildman–Crippen LogP) is 3.79. The molecule has 1 saturated carbocycles. The maximum absolute atomic E-state index is 10.4. The number of hydrogen-bond acceptors (Lipinski definition) is 6. The van der Waals surface area contributed by atoms with Gasteiger partial charge in [-0.3, -0.25) is 9.36 Å². The Bertz CT molecular complexity index is 1200. The van der Waals surface area contributed by atoms with Crippen LogP contribution in [0.2, 0.25) is 0 Å². The number of aliphatic hydroxyl groups excluding tert-OH is 1. The highest BCUT2D eigenvalue weighted by molar-refractivity contribution is 5.84. The van der Waals surface area contributed by atoms with Gasteiger partial charge in [0.1, 0.15) is 23.5 Å². The highest BCUT2D eigenvalue weighted by atomic mass is 16.5. The summed E-state index contributed by atoms with van der Waals surface area (Å²) in [6.07, 6.45) is 4.81. The van der Waals surface area contributed by atoms with Crippen molar-refractivity contribution in [3.05, 3.63) is 48.7 Å². The molecule has 0 bridgehead atoms. The molecule has 3 heterocycles. The highest BCUT2D eigenvalue weighted by Gasteiger charge is 2.26. The molecular weight excluding hydrogens is 392 g/mol. The SMILES string of the molecule is Cn1nc(-c2ccccc2)cc1Nc1cc(OC2CCCCC2O)c2cnn(C)c2n1. The van der Waals surface area contributed by atoms with E-state index in [0.29, 0.717) is 11.6 Å². The van der Waals surface area contributed by atoms with Crippen LogP contribution in [0, 0.1) is 0 Å². The minimum absolute atomic E-state index is 0.214. The number of anilines is 2. The molecule has 2 unspecified atom stereocenters. The van der Waals surface area contributed by atoms with Crippen molar-refractivity contribution in [3.63, 3.8) is 0 Å². The Hall–Kier alpha value is -3.39. The minimum atomic E-state index is -0.449. The van der Waals surface area contributed by atoms with Gasteiger partial charge in [0, 0.05) is 31.8 Å². The number of hydrogen-bond donors (Lipinski definition) is 2. The Morgan fingerprint density at radius 1 is 1.06 bits per heavy atom. The number of ether oxygens (including phenoxy) is 1. The molecule has 31 heavy (non-hydrogen) atoms. The lowest BCUT2D eigenvalue weighted by Gasteiger charge is -2.28. The Morgan fingerprint density at radius 2 is 1.87 bits per heavy atom. The zero-order valence-corrected chi connectivity index (χ0v) is 17.7.